The first-order chi connectivity index (χ1) is 14.7. The lowest BCUT2D eigenvalue weighted by atomic mass is 9.74. The Hall–Kier alpha value is -2.71. The van der Waals surface area contributed by atoms with E-state index in [-0.39, 0.29) is 25.7 Å². The van der Waals surface area contributed by atoms with Crippen molar-refractivity contribution in [1.82, 2.24) is 10.2 Å². The van der Waals surface area contributed by atoms with E-state index in [1.54, 1.807) is 32.9 Å². The number of carbonyl (C=O) groups excluding carboxylic acids is 3. The second-order valence-corrected chi connectivity index (χ2v) is 8.94. The Kier molecular flexibility index (Phi) is 5.39. The fourth-order valence-corrected chi connectivity index (χ4v) is 4.87. The van der Waals surface area contributed by atoms with Crippen molar-refractivity contribution in [1.29, 1.82) is 0 Å². The molecular weight excluding hydrogens is 400 g/mol. The second kappa shape index (κ2) is 7.76. The van der Waals surface area contributed by atoms with Crippen molar-refractivity contribution in [3.8, 4) is 0 Å². The van der Waals surface area contributed by atoms with Crippen LogP contribution in [0.4, 0.5) is 0 Å². The lowest BCUT2D eigenvalue weighted by molar-refractivity contribution is -0.154. The van der Waals surface area contributed by atoms with Crippen LogP contribution in [0.1, 0.15) is 26.3 Å². The first kappa shape index (κ1) is 21.5. The maximum atomic E-state index is 13.6. The zero-order chi connectivity index (χ0) is 22.4. The molecule has 1 aromatic rings. The molecule has 2 bridgehead atoms. The molecule has 2 N–H and O–H groups in total. The van der Waals surface area contributed by atoms with Crippen LogP contribution in [0.5, 0.6) is 0 Å². The summed E-state index contributed by atoms with van der Waals surface area (Å²) in [7, 11) is 0. The van der Waals surface area contributed by atoms with Gasteiger partial charge in [-0.3, -0.25) is 14.4 Å². The molecule has 2 amide bonds. The van der Waals surface area contributed by atoms with Crippen LogP contribution < -0.4 is 5.32 Å². The summed E-state index contributed by atoms with van der Waals surface area (Å²) in [5.41, 5.74) is -1.27. The summed E-state index contributed by atoms with van der Waals surface area (Å²) in [6.07, 6.45) is 2.89. The quantitative estimate of drug-likeness (QED) is 0.491. The smallest absolute Gasteiger partial charge is 0.312 e. The van der Waals surface area contributed by atoms with E-state index in [9.17, 15) is 19.5 Å². The summed E-state index contributed by atoms with van der Waals surface area (Å²) < 4.78 is 11.4. The standard InChI is InChI=1S/C23H28N2O6/c1-4-30-21(29)16-15-10-11-23(31-15)17(16)20(28)25(12-14-8-6-5-7-9-14)18(23)19(27)24-22(2,3)13-26/h5-11,15-18,26H,4,12-13H2,1-3H3,(H,24,27)/t15-,16-,17-,18+,23?/m1/s1. The van der Waals surface area contributed by atoms with Gasteiger partial charge in [-0.05, 0) is 26.3 Å². The van der Waals surface area contributed by atoms with Crippen molar-refractivity contribution in [3.63, 3.8) is 0 Å². The number of ether oxygens (including phenoxy) is 2. The molecule has 1 aromatic carbocycles. The van der Waals surface area contributed by atoms with Crippen molar-refractivity contribution < 1.29 is 29.0 Å². The number of likely N-dealkylation sites (tertiary alicyclic amines) is 1. The van der Waals surface area contributed by atoms with Gasteiger partial charge in [0.25, 0.3) is 0 Å². The molecule has 5 atom stereocenters. The third-order valence-electron chi connectivity index (χ3n) is 6.23. The Bertz CT molecular complexity index is 914. The van der Waals surface area contributed by atoms with Crippen LogP contribution in [0.2, 0.25) is 0 Å². The maximum Gasteiger partial charge on any atom is 0.312 e. The van der Waals surface area contributed by atoms with Gasteiger partial charge in [-0.15, -0.1) is 0 Å². The third-order valence-corrected chi connectivity index (χ3v) is 6.23. The Morgan fingerprint density at radius 3 is 2.65 bits per heavy atom. The minimum Gasteiger partial charge on any atom is -0.466 e. The van der Waals surface area contributed by atoms with E-state index in [0.717, 1.165) is 5.56 Å². The zero-order valence-electron chi connectivity index (χ0n) is 17.9. The van der Waals surface area contributed by atoms with E-state index in [1.165, 1.54) is 4.90 Å². The summed E-state index contributed by atoms with van der Waals surface area (Å²) >= 11 is 0. The predicted octanol–water partition coefficient (Wildman–Crippen LogP) is 0.787. The van der Waals surface area contributed by atoms with Crippen molar-refractivity contribution in [3.05, 3.63) is 48.0 Å². The van der Waals surface area contributed by atoms with E-state index in [4.69, 9.17) is 9.47 Å². The van der Waals surface area contributed by atoms with Crippen LogP contribution in [0, 0.1) is 11.8 Å². The highest BCUT2D eigenvalue weighted by atomic mass is 16.6. The number of benzene rings is 1. The minimum atomic E-state index is -1.25. The summed E-state index contributed by atoms with van der Waals surface area (Å²) in [5, 5.41) is 12.5. The Morgan fingerprint density at radius 1 is 1.29 bits per heavy atom. The Labute approximate surface area is 181 Å². The SMILES string of the molecule is CCOC(=O)[C@@H]1[C@H]2C=CC3(O2)[C@H](C(=O)NC(C)(C)CO)N(Cc2ccccc2)C(=O)[C@@H]13. The van der Waals surface area contributed by atoms with E-state index < -0.39 is 47.0 Å². The number of nitrogens with zero attached hydrogens (tertiary/aromatic N) is 1. The zero-order valence-corrected chi connectivity index (χ0v) is 17.9. The molecule has 4 rings (SSSR count). The number of hydrogen-bond donors (Lipinski definition) is 2. The summed E-state index contributed by atoms with van der Waals surface area (Å²) in [6, 6.07) is 8.38. The van der Waals surface area contributed by atoms with Crippen molar-refractivity contribution in [2.45, 2.75) is 50.6 Å². The first-order valence-electron chi connectivity index (χ1n) is 10.5. The Balaban J connectivity index is 1.74. The molecule has 166 valence electrons. The van der Waals surface area contributed by atoms with Gasteiger partial charge in [0.1, 0.15) is 17.6 Å². The summed E-state index contributed by atoms with van der Waals surface area (Å²) in [5.74, 6) is -2.86. The van der Waals surface area contributed by atoms with E-state index in [1.807, 2.05) is 30.3 Å². The fourth-order valence-electron chi connectivity index (χ4n) is 4.87. The van der Waals surface area contributed by atoms with E-state index in [0.29, 0.717) is 0 Å². The number of carbonyl (C=O) groups is 3. The van der Waals surface area contributed by atoms with Crippen LogP contribution in [-0.4, -0.2) is 64.3 Å². The van der Waals surface area contributed by atoms with Crippen molar-refractivity contribution >= 4 is 17.8 Å². The number of rotatable bonds is 7. The van der Waals surface area contributed by atoms with Crippen LogP contribution in [-0.2, 0) is 30.4 Å². The average Bonchev–Trinajstić information content (AvgIpc) is 3.36. The minimum absolute atomic E-state index is 0.196. The molecule has 3 aliphatic heterocycles. The van der Waals surface area contributed by atoms with Gasteiger partial charge in [-0.2, -0.15) is 0 Å². The Morgan fingerprint density at radius 2 is 2.00 bits per heavy atom. The number of aliphatic hydroxyl groups is 1. The molecule has 1 unspecified atom stereocenters. The number of aliphatic hydroxyl groups excluding tert-OH is 1. The molecule has 1 spiro atoms. The van der Waals surface area contributed by atoms with Crippen LogP contribution in [0.15, 0.2) is 42.5 Å². The molecule has 31 heavy (non-hydrogen) atoms. The van der Waals surface area contributed by atoms with Crippen LogP contribution in [0.3, 0.4) is 0 Å². The predicted molar refractivity (Wildman–Crippen MR) is 110 cm³/mol. The van der Waals surface area contributed by atoms with Gasteiger partial charge in [-0.1, -0.05) is 42.5 Å². The van der Waals surface area contributed by atoms with Crippen LogP contribution >= 0.6 is 0 Å². The molecule has 3 aliphatic rings. The molecular formula is C23H28N2O6. The van der Waals surface area contributed by atoms with Gasteiger partial charge in [0.05, 0.1) is 30.8 Å². The molecule has 8 heteroatoms. The lowest BCUT2D eigenvalue weighted by Gasteiger charge is -2.35. The highest BCUT2D eigenvalue weighted by Crippen LogP contribution is 2.55. The molecule has 0 saturated carbocycles. The van der Waals surface area contributed by atoms with Crippen molar-refractivity contribution in [2.75, 3.05) is 13.2 Å². The summed E-state index contributed by atoms with van der Waals surface area (Å²) in [4.78, 5) is 41.3. The number of hydrogen-bond acceptors (Lipinski definition) is 6. The maximum absolute atomic E-state index is 13.6. The second-order valence-electron chi connectivity index (χ2n) is 8.94. The topological polar surface area (TPSA) is 105 Å². The highest BCUT2D eigenvalue weighted by Gasteiger charge is 2.73. The molecule has 8 nitrogen and oxygen atoms in total. The van der Waals surface area contributed by atoms with Gasteiger partial charge in [0, 0.05) is 6.54 Å². The fraction of sp³-hybridized carbons (Fsp3) is 0.522. The van der Waals surface area contributed by atoms with Gasteiger partial charge < -0.3 is 24.8 Å². The monoisotopic (exact) mass is 428 g/mol. The number of esters is 1. The first-order valence-corrected chi connectivity index (χ1v) is 10.5. The number of nitrogens with one attached hydrogen (secondary N) is 1. The molecule has 2 fully saturated rings. The highest BCUT2D eigenvalue weighted by molar-refractivity contribution is 5.99. The largest absolute Gasteiger partial charge is 0.466 e. The molecule has 2 saturated heterocycles. The molecule has 0 aromatic heterocycles. The lowest BCUT2D eigenvalue weighted by Crippen LogP contribution is -2.59. The van der Waals surface area contributed by atoms with Crippen molar-refractivity contribution in [2.24, 2.45) is 11.8 Å². The van der Waals surface area contributed by atoms with Crippen LogP contribution in [0.25, 0.3) is 0 Å². The van der Waals surface area contributed by atoms with Gasteiger partial charge in [0.2, 0.25) is 11.8 Å². The number of amides is 2. The molecule has 3 heterocycles. The van der Waals surface area contributed by atoms with E-state index >= 15 is 0 Å². The number of fused-ring (bicyclic) bond motifs is 1. The van der Waals surface area contributed by atoms with Gasteiger partial charge in [-0.25, -0.2) is 0 Å². The molecule has 0 aliphatic carbocycles. The summed E-state index contributed by atoms with van der Waals surface area (Å²) in [6.45, 7) is 5.24. The molecule has 0 radical (unpaired) electrons. The average molecular weight is 428 g/mol. The third kappa shape index (κ3) is 3.43. The van der Waals surface area contributed by atoms with Gasteiger partial charge >= 0.3 is 5.97 Å². The van der Waals surface area contributed by atoms with Gasteiger partial charge in [0.15, 0.2) is 0 Å². The normalized spacial score (nSPS) is 31.1. The van der Waals surface area contributed by atoms with E-state index in [2.05, 4.69) is 5.32 Å².